The molecule has 1 aromatic heterocycles. The molecule has 136 valence electrons. The number of nitrogens with zero attached hydrogens (tertiary/aromatic N) is 2. The van der Waals surface area contributed by atoms with E-state index >= 15 is 0 Å². The zero-order valence-corrected chi connectivity index (χ0v) is 14.6. The molecule has 0 unspecified atom stereocenters. The van der Waals surface area contributed by atoms with Crippen molar-refractivity contribution in [3.05, 3.63) is 59.9 Å². The Morgan fingerprint density at radius 1 is 1.19 bits per heavy atom. The maximum Gasteiger partial charge on any atom is 0.307 e. The lowest BCUT2D eigenvalue weighted by Crippen LogP contribution is -2.16. The maximum atomic E-state index is 12.2. The number of carbonyl (C=O) groups is 1. The van der Waals surface area contributed by atoms with Crippen LogP contribution in [-0.4, -0.2) is 25.3 Å². The van der Waals surface area contributed by atoms with Gasteiger partial charge < -0.3 is 13.9 Å². The molecule has 0 radical (unpaired) electrons. The lowest BCUT2D eigenvalue weighted by atomic mass is 10.2. The van der Waals surface area contributed by atoms with Gasteiger partial charge in [0, 0.05) is 5.39 Å². The Morgan fingerprint density at radius 3 is 2.70 bits per heavy atom. The monoisotopic (exact) mass is 363 g/mol. The minimum Gasteiger partial charge on any atom is -0.494 e. The number of benzene rings is 2. The van der Waals surface area contributed by atoms with E-state index < -0.39 is 5.91 Å². The van der Waals surface area contributed by atoms with Gasteiger partial charge in [0.15, 0.2) is 12.4 Å². The fourth-order valence-corrected chi connectivity index (χ4v) is 2.38. The van der Waals surface area contributed by atoms with Crippen molar-refractivity contribution < 1.29 is 18.7 Å². The molecule has 27 heavy (non-hydrogen) atoms. The van der Waals surface area contributed by atoms with E-state index in [4.69, 9.17) is 19.2 Å². The van der Waals surface area contributed by atoms with Gasteiger partial charge in [-0.2, -0.15) is 10.4 Å². The van der Waals surface area contributed by atoms with Crippen LogP contribution in [0.4, 0.5) is 0 Å². The molecule has 1 N–H and O–H groups in total. The SMILES string of the molecule is CCOc1ccc2oc(C(=O)N/N=C/c3ccc(OCC#N)cc3)cc2c1. The molecule has 3 rings (SSSR count). The van der Waals surface area contributed by atoms with E-state index in [9.17, 15) is 4.79 Å². The van der Waals surface area contributed by atoms with Crippen LogP contribution in [0.2, 0.25) is 0 Å². The molecule has 3 aromatic rings. The molecule has 2 aromatic carbocycles. The summed E-state index contributed by atoms with van der Waals surface area (Å²) in [4.78, 5) is 12.2. The molecule has 0 saturated carbocycles. The maximum absolute atomic E-state index is 12.2. The molecule has 0 saturated heterocycles. The molecule has 0 aliphatic carbocycles. The quantitative estimate of drug-likeness (QED) is 0.512. The average Bonchev–Trinajstić information content (AvgIpc) is 3.11. The molecule has 0 aliphatic heterocycles. The first-order chi connectivity index (χ1) is 13.2. The summed E-state index contributed by atoms with van der Waals surface area (Å²) in [6.07, 6.45) is 1.50. The highest BCUT2D eigenvalue weighted by Gasteiger charge is 2.12. The summed E-state index contributed by atoms with van der Waals surface area (Å²) in [7, 11) is 0. The summed E-state index contributed by atoms with van der Waals surface area (Å²) in [5, 5.41) is 13.2. The van der Waals surface area contributed by atoms with Gasteiger partial charge in [-0.1, -0.05) is 0 Å². The van der Waals surface area contributed by atoms with Crippen LogP contribution in [0.1, 0.15) is 23.0 Å². The van der Waals surface area contributed by atoms with Crippen molar-refractivity contribution in [1.82, 2.24) is 5.43 Å². The van der Waals surface area contributed by atoms with Crippen LogP contribution >= 0.6 is 0 Å². The number of hydrazone groups is 1. The number of fused-ring (bicyclic) bond motifs is 1. The Morgan fingerprint density at radius 2 is 1.96 bits per heavy atom. The molecule has 7 heteroatoms. The molecule has 0 bridgehead atoms. The van der Waals surface area contributed by atoms with Gasteiger partial charge in [-0.15, -0.1) is 0 Å². The third-order valence-electron chi connectivity index (χ3n) is 3.59. The summed E-state index contributed by atoms with van der Waals surface area (Å²) >= 11 is 0. The van der Waals surface area contributed by atoms with E-state index in [1.807, 2.05) is 19.1 Å². The molecule has 0 aliphatic rings. The van der Waals surface area contributed by atoms with Crippen molar-refractivity contribution in [1.29, 1.82) is 5.26 Å². The summed E-state index contributed by atoms with van der Waals surface area (Å²) in [5.74, 6) is 1.02. The Balaban J connectivity index is 1.62. The van der Waals surface area contributed by atoms with E-state index in [2.05, 4.69) is 10.5 Å². The molecule has 0 atom stereocenters. The number of nitriles is 1. The van der Waals surface area contributed by atoms with Crippen LogP contribution < -0.4 is 14.9 Å². The highest BCUT2D eigenvalue weighted by molar-refractivity contribution is 5.96. The van der Waals surface area contributed by atoms with Gasteiger partial charge in [0.25, 0.3) is 0 Å². The average molecular weight is 363 g/mol. The lowest BCUT2D eigenvalue weighted by molar-refractivity contribution is 0.0929. The molecule has 1 amide bonds. The number of nitrogens with one attached hydrogen (secondary N) is 1. The largest absolute Gasteiger partial charge is 0.494 e. The van der Waals surface area contributed by atoms with Gasteiger partial charge in [-0.3, -0.25) is 4.79 Å². The molecular formula is C20H17N3O4. The lowest BCUT2D eigenvalue weighted by Gasteiger charge is -2.01. The first-order valence-corrected chi connectivity index (χ1v) is 8.29. The Kier molecular flexibility index (Phi) is 5.70. The Labute approximate surface area is 155 Å². The minimum absolute atomic E-state index is 0.00689. The second-order valence-electron chi connectivity index (χ2n) is 5.46. The van der Waals surface area contributed by atoms with Crippen molar-refractivity contribution in [3.63, 3.8) is 0 Å². The topological polar surface area (TPSA) is 96.8 Å². The smallest absolute Gasteiger partial charge is 0.307 e. The third-order valence-corrected chi connectivity index (χ3v) is 3.59. The Hall–Kier alpha value is -3.79. The van der Waals surface area contributed by atoms with E-state index in [1.165, 1.54) is 6.21 Å². The first kappa shape index (κ1) is 18.0. The second kappa shape index (κ2) is 8.54. The summed E-state index contributed by atoms with van der Waals surface area (Å²) in [6.45, 7) is 2.47. The van der Waals surface area contributed by atoms with Crippen LogP contribution in [0.3, 0.4) is 0 Å². The fourth-order valence-electron chi connectivity index (χ4n) is 2.38. The van der Waals surface area contributed by atoms with E-state index in [0.29, 0.717) is 17.9 Å². The minimum atomic E-state index is -0.450. The molecule has 7 nitrogen and oxygen atoms in total. The predicted octanol–water partition coefficient (Wildman–Crippen LogP) is 3.50. The van der Waals surface area contributed by atoms with Gasteiger partial charge in [0.1, 0.15) is 23.2 Å². The van der Waals surface area contributed by atoms with Gasteiger partial charge in [-0.05, 0) is 61.0 Å². The predicted molar refractivity (Wildman–Crippen MR) is 100.0 cm³/mol. The van der Waals surface area contributed by atoms with Crippen molar-refractivity contribution in [3.8, 4) is 17.6 Å². The first-order valence-electron chi connectivity index (χ1n) is 8.29. The number of rotatable bonds is 7. The zero-order valence-electron chi connectivity index (χ0n) is 14.6. The van der Waals surface area contributed by atoms with Gasteiger partial charge in [0.2, 0.25) is 0 Å². The normalized spacial score (nSPS) is 10.7. The third kappa shape index (κ3) is 4.64. The van der Waals surface area contributed by atoms with Crippen LogP contribution in [-0.2, 0) is 0 Å². The number of furan rings is 1. The highest BCUT2D eigenvalue weighted by Crippen LogP contribution is 2.24. The van der Waals surface area contributed by atoms with Gasteiger partial charge in [0.05, 0.1) is 12.8 Å². The summed E-state index contributed by atoms with van der Waals surface area (Å²) in [6, 6.07) is 15.9. The number of amides is 1. The summed E-state index contributed by atoms with van der Waals surface area (Å²) < 4.78 is 16.1. The van der Waals surface area contributed by atoms with Gasteiger partial charge in [-0.25, -0.2) is 5.43 Å². The van der Waals surface area contributed by atoms with Crippen molar-refractivity contribution in [2.45, 2.75) is 6.92 Å². The van der Waals surface area contributed by atoms with Crippen molar-refractivity contribution >= 4 is 23.1 Å². The highest BCUT2D eigenvalue weighted by atomic mass is 16.5. The van der Waals surface area contributed by atoms with E-state index in [-0.39, 0.29) is 12.4 Å². The Bertz CT molecular complexity index is 1000. The number of ether oxygens (including phenoxy) is 2. The standard InChI is InChI=1S/C20H17N3O4/c1-2-25-17-7-8-18-15(11-17)12-19(27-18)20(24)23-22-13-14-3-5-16(6-4-14)26-10-9-21/h3-8,11-13H,2,10H2,1H3,(H,23,24)/b22-13+. The number of hydrogen-bond acceptors (Lipinski definition) is 6. The molecule has 0 fully saturated rings. The molecule has 0 spiro atoms. The van der Waals surface area contributed by atoms with Crippen molar-refractivity contribution in [2.24, 2.45) is 5.10 Å². The van der Waals surface area contributed by atoms with Crippen LogP contribution in [0.25, 0.3) is 11.0 Å². The molecular weight excluding hydrogens is 346 g/mol. The molecule has 1 heterocycles. The fraction of sp³-hybridized carbons (Fsp3) is 0.150. The van der Waals surface area contributed by atoms with Gasteiger partial charge >= 0.3 is 5.91 Å². The van der Waals surface area contributed by atoms with E-state index in [1.54, 1.807) is 42.5 Å². The van der Waals surface area contributed by atoms with Crippen LogP contribution in [0.15, 0.2) is 58.0 Å². The summed E-state index contributed by atoms with van der Waals surface area (Å²) in [5.41, 5.74) is 3.80. The second-order valence-corrected chi connectivity index (χ2v) is 5.46. The van der Waals surface area contributed by atoms with E-state index in [0.717, 1.165) is 16.7 Å². The number of carbonyl (C=O) groups excluding carboxylic acids is 1. The van der Waals surface area contributed by atoms with Crippen LogP contribution in [0.5, 0.6) is 11.5 Å². The zero-order chi connectivity index (χ0) is 19.1. The van der Waals surface area contributed by atoms with Crippen molar-refractivity contribution in [2.75, 3.05) is 13.2 Å². The number of hydrogen-bond donors (Lipinski definition) is 1. The van der Waals surface area contributed by atoms with Crippen LogP contribution in [0, 0.1) is 11.3 Å².